The zero-order valence-corrected chi connectivity index (χ0v) is 6.42. The number of rotatable bonds is 3. The first-order chi connectivity index (χ1) is 5.68. The van der Waals surface area contributed by atoms with Gasteiger partial charge in [0.1, 0.15) is 5.82 Å². The Morgan fingerprint density at radius 1 is 1.67 bits per heavy atom. The van der Waals surface area contributed by atoms with Gasteiger partial charge in [-0.15, -0.1) is 0 Å². The molecule has 0 N–H and O–H groups in total. The summed E-state index contributed by atoms with van der Waals surface area (Å²) < 4.78 is 27.1. The van der Waals surface area contributed by atoms with Crippen LogP contribution in [0.3, 0.4) is 0 Å². The molecule has 0 amide bonds. The van der Waals surface area contributed by atoms with E-state index in [0.717, 1.165) is 0 Å². The van der Waals surface area contributed by atoms with E-state index in [2.05, 4.69) is 20.9 Å². The highest BCUT2D eigenvalue weighted by molar-refractivity contribution is 4.98. The van der Waals surface area contributed by atoms with E-state index in [4.69, 9.17) is 0 Å². The van der Waals surface area contributed by atoms with Gasteiger partial charge >= 0.3 is 6.61 Å². The number of aromatic nitrogens is 2. The molecular weight excluding hydrogens is 166 g/mol. The predicted molar refractivity (Wildman–Crippen MR) is 36.4 cm³/mol. The molecule has 12 heavy (non-hydrogen) atoms. The zero-order chi connectivity index (χ0) is 8.97. The topological polar surface area (TPSA) is 35.0 Å². The minimum atomic E-state index is -2.76. The fraction of sp³-hybridized carbons (Fsp3) is 0.429. The first-order valence-corrected chi connectivity index (χ1v) is 3.29. The summed E-state index contributed by atoms with van der Waals surface area (Å²) in [7, 11) is 0. The summed E-state index contributed by atoms with van der Waals surface area (Å²) in [5.41, 5.74) is 0.405. The highest BCUT2D eigenvalue weighted by Gasteiger charge is 2.03. The maximum atomic E-state index is 11.5. The highest BCUT2D eigenvalue weighted by Crippen LogP contribution is 2.01. The normalized spacial score (nSPS) is 10.7. The number of alkyl halides is 2. The van der Waals surface area contributed by atoms with Gasteiger partial charge in [0.2, 0.25) is 0 Å². The molecule has 1 heterocycles. The maximum Gasteiger partial charge on any atom is 0.345 e. The van der Waals surface area contributed by atoms with Crippen molar-refractivity contribution in [2.24, 2.45) is 0 Å². The fourth-order valence-corrected chi connectivity index (χ4v) is 0.688. The van der Waals surface area contributed by atoms with E-state index in [1.54, 1.807) is 6.92 Å². The van der Waals surface area contributed by atoms with Crippen molar-refractivity contribution in [1.82, 2.24) is 9.97 Å². The smallest absolute Gasteiger partial charge is 0.317 e. The predicted octanol–water partition coefficient (Wildman–Crippen LogP) is 1.32. The van der Waals surface area contributed by atoms with Crippen LogP contribution in [0.25, 0.3) is 0 Å². The van der Waals surface area contributed by atoms with Crippen LogP contribution < -0.4 is 0 Å². The molecule has 1 rings (SSSR count). The molecule has 5 heteroatoms. The minimum absolute atomic E-state index is 0.211. The molecule has 1 aromatic rings. The lowest BCUT2D eigenvalue weighted by molar-refractivity contribution is -0.138. The molecule has 0 aliphatic heterocycles. The second kappa shape index (κ2) is 4.06. The van der Waals surface area contributed by atoms with E-state index < -0.39 is 6.61 Å². The second-order valence-corrected chi connectivity index (χ2v) is 2.11. The number of halogens is 2. The molecule has 0 atom stereocenters. The molecule has 0 saturated carbocycles. The summed E-state index contributed by atoms with van der Waals surface area (Å²) in [6.45, 7) is -1.32. The average molecular weight is 173 g/mol. The van der Waals surface area contributed by atoms with Gasteiger partial charge in [0.25, 0.3) is 0 Å². The summed E-state index contributed by atoms with van der Waals surface area (Å²) in [6, 6.07) is 1.41. The van der Waals surface area contributed by atoms with Gasteiger partial charge in [-0.05, 0) is 13.0 Å². The van der Waals surface area contributed by atoms with E-state index in [9.17, 15) is 8.78 Å². The van der Waals surface area contributed by atoms with Crippen LogP contribution in [0, 0.1) is 13.1 Å². The Bertz CT molecular complexity index is 255. The third-order valence-electron chi connectivity index (χ3n) is 1.12. The lowest BCUT2D eigenvalue weighted by atomic mass is 10.4. The van der Waals surface area contributed by atoms with Crippen molar-refractivity contribution in [3.05, 3.63) is 23.8 Å². The molecule has 0 aliphatic rings. The lowest BCUT2D eigenvalue weighted by Crippen LogP contribution is -2.02. The summed E-state index contributed by atoms with van der Waals surface area (Å²) >= 11 is 0. The van der Waals surface area contributed by atoms with Gasteiger partial charge in [-0.2, -0.15) is 8.78 Å². The monoisotopic (exact) mass is 173 g/mol. The molecule has 1 aromatic heterocycles. The van der Waals surface area contributed by atoms with Crippen LogP contribution in [-0.2, 0) is 11.3 Å². The number of hydrogen-bond acceptors (Lipinski definition) is 3. The standard InChI is InChI=1S/C7H7F2N2O/c1-5-10-3-2-6(11-5)4-12-7(8)9/h2,7H,4H2,1H3. The van der Waals surface area contributed by atoms with Crippen LogP contribution in [0.15, 0.2) is 6.07 Å². The number of aryl methyl sites for hydroxylation is 1. The first-order valence-electron chi connectivity index (χ1n) is 3.29. The van der Waals surface area contributed by atoms with Gasteiger partial charge in [-0.25, -0.2) is 9.97 Å². The Kier molecular flexibility index (Phi) is 3.04. The summed E-state index contributed by atoms with van der Waals surface area (Å²) in [4.78, 5) is 7.53. The van der Waals surface area contributed by atoms with Crippen molar-refractivity contribution in [1.29, 1.82) is 0 Å². The minimum Gasteiger partial charge on any atom is -0.317 e. The Balaban J connectivity index is 2.52. The van der Waals surface area contributed by atoms with Crippen molar-refractivity contribution in [3.8, 4) is 0 Å². The molecule has 0 spiro atoms. The van der Waals surface area contributed by atoms with Crippen LogP contribution >= 0.6 is 0 Å². The Morgan fingerprint density at radius 2 is 2.42 bits per heavy atom. The van der Waals surface area contributed by atoms with E-state index in [1.165, 1.54) is 6.07 Å². The molecule has 0 aliphatic carbocycles. The molecule has 0 bridgehead atoms. The van der Waals surface area contributed by atoms with E-state index >= 15 is 0 Å². The van der Waals surface area contributed by atoms with Crippen molar-refractivity contribution in [3.63, 3.8) is 0 Å². The third kappa shape index (κ3) is 2.87. The second-order valence-electron chi connectivity index (χ2n) is 2.11. The Labute approximate surface area is 68.4 Å². The molecule has 3 nitrogen and oxygen atoms in total. The van der Waals surface area contributed by atoms with Crippen molar-refractivity contribution >= 4 is 0 Å². The largest absolute Gasteiger partial charge is 0.345 e. The Morgan fingerprint density at radius 3 is 3.00 bits per heavy atom. The van der Waals surface area contributed by atoms with Crippen LogP contribution in [0.4, 0.5) is 8.78 Å². The van der Waals surface area contributed by atoms with Gasteiger partial charge in [-0.3, -0.25) is 0 Å². The zero-order valence-electron chi connectivity index (χ0n) is 6.42. The van der Waals surface area contributed by atoms with Gasteiger partial charge in [0.15, 0.2) is 0 Å². The van der Waals surface area contributed by atoms with Crippen molar-refractivity contribution in [2.75, 3.05) is 0 Å². The van der Waals surface area contributed by atoms with Crippen molar-refractivity contribution in [2.45, 2.75) is 20.1 Å². The van der Waals surface area contributed by atoms with Crippen LogP contribution in [0.2, 0.25) is 0 Å². The number of nitrogens with zero attached hydrogens (tertiary/aromatic N) is 2. The van der Waals surface area contributed by atoms with Crippen molar-refractivity contribution < 1.29 is 13.5 Å². The van der Waals surface area contributed by atoms with E-state index in [1.807, 2.05) is 0 Å². The molecule has 0 fully saturated rings. The summed E-state index contributed by atoms with van der Waals surface area (Å²) in [5.74, 6) is 0.491. The summed E-state index contributed by atoms with van der Waals surface area (Å²) in [5, 5.41) is 0. The fourth-order valence-electron chi connectivity index (χ4n) is 0.688. The quantitative estimate of drug-likeness (QED) is 0.691. The first kappa shape index (κ1) is 8.99. The molecular formula is C7H7F2N2O. The van der Waals surface area contributed by atoms with Gasteiger partial charge < -0.3 is 4.74 Å². The van der Waals surface area contributed by atoms with Gasteiger partial charge in [0.05, 0.1) is 18.5 Å². The average Bonchev–Trinajstić information content (AvgIpc) is 2.01. The SMILES string of the molecule is Cc1n[c]cc(COC(F)F)n1. The molecule has 65 valence electrons. The van der Waals surface area contributed by atoms with Gasteiger partial charge in [0, 0.05) is 0 Å². The van der Waals surface area contributed by atoms with Crippen LogP contribution in [-0.4, -0.2) is 16.6 Å². The van der Waals surface area contributed by atoms with Gasteiger partial charge in [-0.1, -0.05) is 0 Å². The van der Waals surface area contributed by atoms with Crippen LogP contribution in [0.5, 0.6) is 0 Å². The molecule has 0 unspecified atom stereocenters. The summed E-state index contributed by atoms with van der Waals surface area (Å²) in [6.07, 6.45) is 2.52. The molecule has 1 radical (unpaired) electrons. The maximum absolute atomic E-state index is 11.5. The molecule has 0 saturated heterocycles. The highest BCUT2D eigenvalue weighted by atomic mass is 19.3. The Hall–Kier alpha value is -1.10. The van der Waals surface area contributed by atoms with E-state index in [-0.39, 0.29) is 6.61 Å². The number of hydrogen-bond donors (Lipinski definition) is 0. The lowest BCUT2D eigenvalue weighted by Gasteiger charge is -2.01. The van der Waals surface area contributed by atoms with E-state index in [0.29, 0.717) is 11.5 Å². The number of ether oxygens (including phenoxy) is 1. The van der Waals surface area contributed by atoms with Crippen LogP contribution in [0.1, 0.15) is 11.5 Å². The third-order valence-corrected chi connectivity index (χ3v) is 1.12. The molecule has 0 aromatic carbocycles.